The molecule has 1 aromatic rings. The number of rotatable bonds is 3. The number of nitrogens with zero attached hydrogens (tertiary/aromatic N) is 2. The van der Waals surface area contributed by atoms with Crippen molar-refractivity contribution in [2.24, 2.45) is 0 Å². The summed E-state index contributed by atoms with van der Waals surface area (Å²) in [6, 6.07) is 5.62. The van der Waals surface area contributed by atoms with E-state index in [1.165, 1.54) is 0 Å². The zero-order valence-corrected chi connectivity index (χ0v) is 9.56. The Bertz CT molecular complexity index is 431. The fraction of sp³-hybridized carbons (Fsp3) is 0.364. The summed E-state index contributed by atoms with van der Waals surface area (Å²) in [5.41, 5.74) is 0.833. The molecule has 6 nitrogen and oxygen atoms in total. The molecule has 1 aliphatic rings. The smallest absolute Gasteiger partial charge is 0.240 e. The molecule has 2 rings (SSSR count). The fourth-order valence-corrected chi connectivity index (χ4v) is 1.74. The number of nitrogens with one attached hydrogen (secondary N) is 2. The van der Waals surface area contributed by atoms with E-state index >= 15 is 0 Å². The minimum absolute atomic E-state index is 0.233. The van der Waals surface area contributed by atoms with Crippen molar-refractivity contribution in [3.63, 3.8) is 0 Å². The van der Waals surface area contributed by atoms with Crippen molar-refractivity contribution in [2.45, 2.75) is 6.54 Å². The van der Waals surface area contributed by atoms with Crippen molar-refractivity contribution in [1.82, 2.24) is 15.2 Å². The molecule has 0 bridgehead atoms. The molecule has 0 spiro atoms. The highest BCUT2D eigenvalue weighted by atomic mass is 16.2. The molecular weight excluding hydrogens is 220 g/mol. The molecule has 1 aliphatic heterocycles. The van der Waals surface area contributed by atoms with Gasteiger partial charge in [-0.25, -0.2) is 4.98 Å². The number of amides is 2. The topological polar surface area (TPSA) is 74.3 Å². The van der Waals surface area contributed by atoms with E-state index in [9.17, 15) is 9.59 Å². The van der Waals surface area contributed by atoms with Crippen molar-refractivity contribution >= 4 is 17.6 Å². The second-order valence-corrected chi connectivity index (χ2v) is 3.88. The quantitative estimate of drug-likeness (QED) is 0.695. The molecule has 0 unspecified atom stereocenters. The largest absolute Gasteiger partial charge is 0.373 e. The summed E-state index contributed by atoms with van der Waals surface area (Å²) in [5.74, 6) is 0.257. The van der Waals surface area contributed by atoms with Crippen LogP contribution in [0.2, 0.25) is 0 Å². The van der Waals surface area contributed by atoms with Crippen molar-refractivity contribution in [1.29, 1.82) is 0 Å². The molecule has 0 aliphatic carbocycles. The Morgan fingerprint density at radius 2 is 2.06 bits per heavy atom. The van der Waals surface area contributed by atoms with Gasteiger partial charge < -0.3 is 5.32 Å². The van der Waals surface area contributed by atoms with Gasteiger partial charge in [-0.2, -0.15) is 0 Å². The SMILES string of the molecule is CNc1cccc(CN2CC(=O)NC(=O)C2)n1. The number of pyridine rings is 1. The number of piperazine rings is 1. The van der Waals surface area contributed by atoms with Crippen molar-refractivity contribution < 1.29 is 9.59 Å². The summed E-state index contributed by atoms with van der Waals surface area (Å²) in [5, 5.41) is 5.21. The Kier molecular flexibility index (Phi) is 3.34. The van der Waals surface area contributed by atoms with Crippen LogP contribution in [0, 0.1) is 0 Å². The number of aromatic nitrogens is 1. The summed E-state index contributed by atoms with van der Waals surface area (Å²) >= 11 is 0. The summed E-state index contributed by atoms with van der Waals surface area (Å²) in [7, 11) is 1.80. The first kappa shape index (κ1) is 11.5. The zero-order valence-electron chi connectivity index (χ0n) is 9.56. The number of hydrogen-bond donors (Lipinski definition) is 2. The van der Waals surface area contributed by atoms with Crippen LogP contribution in [-0.4, -0.2) is 41.8 Å². The van der Waals surface area contributed by atoms with Gasteiger partial charge in [0.25, 0.3) is 0 Å². The number of carbonyl (C=O) groups excluding carboxylic acids is 2. The summed E-state index contributed by atoms with van der Waals surface area (Å²) in [6.07, 6.45) is 0. The van der Waals surface area contributed by atoms with Crippen LogP contribution >= 0.6 is 0 Å². The molecule has 0 aromatic carbocycles. The van der Waals surface area contributed by atoms with Crippen molar-refractivity contribution in [3.05, 3.63) is 23.9 Å². The molecule has 1 fully saturated rings. The van der Waals surface area contributed by atoms with Gasteiger partial charge in [0.1, 0.15) is 5.82 Å². The van der Waals surface area contributed by atoms with Crippen molar-refractivity contribution in [2.75, 3.05) is 25.5 Å². The van der Waals surface area contributed by atoms with Gasteiger partial charge in [-0.05, 0) is 12.1 Å². The van der Waals surface area contributed by atoms with Crippen LogP contribution in [0.25, 0.3) is 0 Å². The summed E-state index contributed by atoms with van der Waals surface area (Å²) in [4.78, 5) is 28.5. The van der Waals surface area contributed by atoms with Crippen LogP contribution in [-0.2, 0) is 16.1 Å². The van der Waals surface area contributed by atoms with Crippen LogP contribution in [0.4, 0.5) is 5.82 Å². The Balaban J connectivity index is 2.04. The molecule has 0 radical (unpaired) electrons. The van der Waals surface area contributed by atoms with Gasteiger partial charge >= 0.3 is 0 Å². The van der Waals surface area contributed by atoms with Gasteiger partial charge in [0.2, 0.25) is 11.8 Å². The standard InChI is InChI=1S/C11H14N4O2/c1-12-9-4-2-3-8(13-9)5-15-6-10(16)14-11(17)7-15/h2-4H,5-7H2,1H3,(H,12,13)(H,14,16,17). The van der Waals surface area contributed by atoms with E-state index in [-0.39, 0.29) is 24.9 Å². The second-order valence-electron chi connectivity index (χ2n) is 3.88. The molecule has 1 saturated heterocycles. The monoisotopic (exact) mass is 234 g/mol. The maximum absolute atomic E-state index is 11.2. The Labute approximate surface area is 99.0 Å². The van der Waals surface area contributed by atoms with Crippen LogP contribution in [0.15, 0.2) is 18.2 Å². The lowest BCUT2D eigenvalue weighted by molar-refractivity contribution is -0.136. The molecule has 2 amide bonds. The summed E-state index contributed by atoms with van der Waals surface area (Å²) < 4.78 is 0. The third-order valence-corrected chi connectivity index (χ3v) is 2.46. The van der Waals surface area contributed by atoms with Gasteiger partial charge in [-0.1, -0.05) is 6.07 Å². The third kappa shape index (κ3) is 3.01. The van der Waals surface area contributed by atoms with E-state index in [0.717, 1.165) is 11.5 Å². The Morgan fingerprint density at radius 1 is 1.35 bits per heavy atom. The zero-order chi connectivity index (χ0) is 12.3. The predicted octanol–water partition coefficient (Wildman–Crippen LogP) is -0.418. The summed E-state index contributed by atoms with van der Waals surface area (Å²) in [6.45, 7) is 0.961. The van der Waals surface area contributed by atoms with Gasteiger partial charge in [-0.3, -0.25) is 19.8 Å². The molecule has 6 heteroatoms. The predicted molar refractivity (Wildman–Crippen MR) is 62.2 cm³/mol. The van der Waals surface area contributed by atoms with Gasteiger partial charge in [0, 0.05) is 13.6 Å². The fourth-order valence-electron chi connectivity index (χ4n) is 1.74. The molecule has 2 N–H and O–H groups in total. The minimum Gasteiger partial charge on any atom is -0.373 e. The second kappa shape index (κ2) is 4.92. The lowest BCUT2D eigenvalue weighted by Gasteiger charge is -2.24. The maximum atomic E-state index is 11.2. The highest BCUT2D eigenvalue weighted by molar-refractivity contribution is 5.99. The van der Waals surface area contributed by atoms with Crippen LogP contribution in [0.5, 0.6) is 0 Å². The molecule has 17 heavy (non-hydrogen) atoms. The van der Waals surface area contributed by atoms with E-state index in [4.69, 9.17) is 0 Å². The first-order valence-electron chi connectivity index (χ1n) is 5.36. The lowest BCUT2D eigenvalue weighted by Crippen LogP contribution is -2.50. The molecular formula is C11H14N4O2. The average molecular weight is 234 g/mol. The number of imide groups is 1. The molecule has 1 aromatic heterocycles. The number of carbonyl (C=O) groups is 2. The van der Waals surface area contributed by atoms with Gasteiger partial charge in [-0.15, -0.1) is 0 Å². The highest BCUT2D eigenvalue weighted by Gasteiger charge is 2.22. The molecule has 2 heterocycles. The van der Waals surface area contributed by atoms with Crippen molar-refractivity contribution in [3.8, 4) is 0 Å². The van der Waals surface area contributed by atoms with E-state index in [0.29, 0.717) is 6.54 Å². The van der Waals surface area contributed by atoms with Crippen LogP contribution in [0.1, 0.15) is 5.69 Å². The van der Waals surface area contributed by atoms with E-state index in [1.807, 2.05) is 18.2 Å². The highest BCUT2D eigenvalue weighted by Crippen LogP contribution is 2.07. The molecule has 0 atom stereocenters. The maximum Gasteiger partial charge on any atom is 0.240 e. The first-order valence-corrected chi connectivity index (χ1v) is 5.36. The van der Waals surface area contributed by atoms with E-state index in [2.05, 4.69) is 15.6 Å². The average Bonchev–Trinajstić information content (AvgIpc) is 2.28. The Morgan fingerprint density at radius 3 is 2.71 bits per heavy atom. The van der Waals surface area contributed by atoms with Gasteiger partial charge in [0.15, 0.2) is 0 Å². The molecule has 90 valence electrons. The van der Waals surface area contributed by atoms with E-state index < -0.39 is 0 Å². The number of hydrogen-bond acceptors (Lipinski definition) is 5. The van der Waals surface area contributed by atoms with Crippen LogP contribution in [0.3, 0.4) is 0 Å². The minimum atomic E-state index is -0.258. The first-order chi connectivity index (χ1) is 8.17. The normalized spacial score (nSPS) is 16.8. The van der Waals surface area contributed by atoms with E-state index in [1.54, 1.807) is 11.9 Å². The van der Waals surface area contributed by atoms with Gasteiger partial charge in [0.05, 0.1) is 18.8 Å². The molecule has 0 saturated carbocycles. The Hall–Kier alpha value is -1.95. The lowest BCUT2D eigenvalue weighted by atomic mass is 10.3. The van der Waals surface area contributed by atoms with Crippen LogP contribution < -0.4 is 10.6 Å². The number of anilines is 1. The third-order valence-electron chi connectivity index (χ3n) is 2.46.